The molecular weight excluding hydrogens is 318 g/mol. The number of carbonyl (C=O) groups is 1. The summed E-state index contributed by atoms with van der Waals surface area (Å²) in [5.41, 5.74) is 0. The Kier molecular flexibility index (Phi) is 4.43. The summed E-state index contributed by atoms with van der Waals surface area (Å²) >= 11 is 0. The number of rotatable bonds is 4. The van der Waals surface area contributed by atoms with E-state index in [1.54, 1.807) is 41.8 Å². The summed E-state index contributed by atoms with van der Waals surface area (Å²) in [6, 6.07) is 0. The molecule has 3 aliphatic heterocycles. The van der Waals surface area contributed by atoms with Crippen LogP contribution in [0.15, 0.2) is 0 Å². The van der Waals surface area contributed by atoms with Gasteiger partial charge < -0.3 is 33.7 Å². The van der Waals surface area contributed by atoms with Crippen LogP contribution < -0.4 is 0 Å². The van der Waals surface area contributed by atoms with Crippen LogP contribution in [0.2, 0.25) is 0 Å². The van der Waals surface area contributed by atoms with Gasteiger partial charge >= 0.3 is 0 Å². The zero-order chi connectivity index (χ0) is 17.9. The molecule has 0 bridgehead atoms. The third-order valence-corrected chi connectivity index (χ3v) is 4.45. The van der Waals surface area contributed by atoms with Gasteiger partial charge in [-0.1, -0.05) is 0 Å². The Bertz CT molecular complexity index is 507. The predicted molar refractivity (Wildman–Crippen MR) is 82.1 cm³/mol. The highest BCUT2D eigenvalue weighted by Crippen LogP contribution is 2.41. The Labute approximate surface area is 141 Å². The second-order valence-corrected chi connectivity index (χ2v) is 7.68. The summed E-state index contributed by atoms with van der Waals surface area (Å²) in [7, 11) is 3.35. The van der Waals surface area contributed by atoms with E-state index in [9.17, 15) is 9.90 Å². The minimum Gasteiger partial charge on any atom is -0.387 e. The average molecular weight is 345 g/mol. The Morgan fingerprint density at radius 1 is 1.08 bits per heavy atom. The molecule has 0 unspecified atom stereocenters. The molecule has 3 saturated heterocycles. The fourth-order valence-electron chi connectivity index (χ4n) is 3.26. The van der Waals surface area contributed by atoms with E-state index >= 15 is 0 Å². The first-order valence-corrected chi connectivity index (χ1v) is 8.23. The molecule has 3 heterocycles. The Morgan fingerprint density at radius 2 is 1.75 bits per heavy atom. The summed E-state index contributed by atoms with van der Waals surface area (Å²) < 4.78 is 28.6. The van der Waals surface area contributed by atoms with Crippen molar-refractivity contribution in [1.82, 2.24) is 4.90 Å². The molecule has 8 heteroatoms. The number of aliphatic hydroxyl groups excluding tert-OH is 1. The van der Waals surface area contributed by atoms with Gasteiger partial charge in [0.2, 0.25) is 0 Å². The fraction of sp³-hybridized carbons (Fsp3) is 0.938. The van der Waals surface area contributed by atoms with Crippen molar-refractivity contribution in [1.29, 1.82) is 0 Å². The maximum atomic E-state index is 12.0. The molecule has 6 atom stereocenters. The highest BCUT2D eigenvalue weighted by Gasteiger charge is 2.61. The summed E-state index contributed by atoms with van der Waals surface area (Å²) in [5, 5.41) is 10.7. The second kappa shape index (κ2) is 5.89. The van der Waals surface area contributed by atoms with Crippen LogP contribution in [0.25, 0.3) is 0 Å². The third kappa shape index (κ3) is 3.44. The minimum absolute atomic E-state index is 0.122. The van der Waals surface area contributed by atoms with Crippen LogP contribution in [0.1, 0.15) is 27.7 Å². The number of aliphatic hydroxyl groups is 1. The molecule has 24 heavy (non-hydrogen) atoms. The first-order chi connectivity index (χ1) is 11.0. The molecule has 138 valence electrons. The molecule has 0 aromatic heterocycles. The summed E-state index contributed by atoms with van der Waals surface area (Å²) in [5.74, 6) is -1.73. The van der Waals surface area contributed by atoms with Gasteiger partial charge in [-0.15, -0.1) is 0 Å². The summed E-state index contributed by atoms with van der Waals surface area (Å²) in [6.07, 6.45) is -3.67. The van der Waals surface area contributed by atoms with Gasteiger partial charge in [0.25, 0.3) is 5.91 Å². The standard InChI is InChI=1S/C16H27NO7/c1-15(2)20-7-8(22-15)9(18)10-12(24-16(3,4)23-10)11-13(21-11)14(19)17(5)6/h8-13,18H,7H2,1-6H3/t8-,9-,10+,11-,12+,13+/m1/s1. The van der Waals surface area contributed by atoms with E-state index in [-0.39, 0.29) is 12.5 Å². The fourth-order valence-corrected chi connectivity index (χ4v) is 3.26. The Hall–Kier alpha value is -0.770. The molecule has 0 saturated carbocycles. The van der Waals surface area contributed by atoms with Gasteiger partial charge in [-0.2, -0.15) is 0 Å². The van der Waals surface area contributed by atoms with Gasteiger partial charge in [0.15, 0.2) is 17.7 Å². The Morgan fingerprint density at radius 3 is 2.29 bits per heavy atom. The largest absolute Gasteiger partial charge is 0.387 e. The van der Waals surface area contributed by atoms with Crippen LogP contribution in [0.4, 0.5) is 0 Å². The normalized spacial score (nSPS) is 41.2. The van der Waals surface area contributed by atoms with Gasteiger partial charge in [-0.05, 0) is 27.7 Å². The number of ether oxygens (including phenoxy) is 5. The van der Waals surface area contributed by atoms with Crippen LogP contribution in [0.5, 0.6) is 0 Å². The minimum atomic E-state index is -0.946. The van der Waals surface area contributed by atoms with E-state index < -0.39 is 48.2 Å². The topological polar surface area (TPSA) is 90.0 Å². The van der Waals surface area contributed by atoms with Crippen LogP contribution in [-0.4, -0.2) is 84.8 Å². The van der Waals surface area contributed by atoms with Crippen LogP contribution >= 0.6 is 0 Å². The molecule has 1 amide bonds. The molecule has 3 fully saturated rings. The average Bonchev–Trinajstić information content (AvgIpc) is 3.08. The zero-order valence-electron chi connectivity index (χ0n) is 15.0. The van der Waals surface area contributed by atoms with E-state index in [0.717, 1.165) is 0 Å². The van der Waals surface area contributed by atoms with Gasteiger partial charge in [0.1, 0.15) is 30.5 Å². The monoisotopic (exact) mass is 345 g/mol. The number of likely N-dealkylation sites (N-methyl/N-ethyl adjacent to an activating group) is 1. The quantitative estimate of drug-likeness (QED) is 0.710. The molecule has 0 aromatic carbocycles. The van der Waals surface area contributed by atoms with Crippen molar-refractivity contribution >= 4 is 5.91 Å². The molecule has 0 aromatic rings. The zero-order valence-corrected chi connectivity index (χ0v) is 15.0. The third-order valence-electron chi connectivity index (χ3n) is 4.45. The number of epoxide rings is 1. The maximum absolute atomic E-state index is 12.0. The van der Waals surface area contributed by atoms with Crippen molar-refractivity contribution < 1.29 is 33.6 Å². The molecule has 0 spiro atoms. The predicted octanol–water partition coefficient (Wildman–Crippen LogP) is -0.125. The van der Waals surface area contributed by atoms with Crippen LogP contribution in [0, 0.1) is 0 Å². The van der Waals surface area contributed by atoms with Crippen molar-refractivity contribution in [3.8, 4) is 0 Å². The second-order valence-electron chi connectivity index (χ2n) is 7.68. The highest BCUT2D eigenvalue weighted by molar-refractivity contribution is 5.83. The lowest BCUT2D eigenvalue weighted by molar-refractivity contribution is -0.178. The SMILES string of the molecule is CN(C)C(=O)[C@H]1O[C@@H]1[C@H]1OC(C)(C)O[C@H]1[C@H](O)[C@H]1COC(C)(C)O1. The lowest BCUT2D eigenvalue weighted by Gasteiger charge is -2.26. The molecule has 3 rings (SSSR count). The molecular formula is C16H27NO7. The number of hydrogen-bond acceptors (Lipinski definition) is 7. The van der Waals surface area contributed by atoms with E-state index in [0.29, 0.717) is 0 Å². The lowest BCUT2D eigenvalue weighted by atomic mass is 9.99. The smallest absolute Gasteiger partial charge is 0.254 e. The van der Waals surface area contributed by atoms with Crippen molar-refractivity contribution in [2.75, 3.05) is 20.7 Å². The molecule has 1 N–H and O–H groups in total. The number of hydrogen-bond donors (Lipinski definition) is 1. The van der Waals surface area contributed by atoms with Crippen molar-refractivity contribution in [2.45, 2.75) is 75.9 Å². The lowest BCUT2D eigenvalue weighted by Crippen LogP contribution is -2.47. The number of amides is 1. The van der Waals surface area contributed by atoms with Crippen molar-refractivity contribution in [2.24, 2.45) is 0 Å². The molecule has 0 aliphatic carbocycles. The van der Waals surface area contributed by atoms with E-state index in [1.807, 2.05) is 0 Å². The van der Waals surface area contributed by atoms with E-state index in [4.69, 9.17) is 23.7 Å². The molecule has 8 nitrogen and oxygen atoms in total. The summed E-state index contributed by atoms with van der Waals surface area (Å²) in [6.45, 7) is 7.40. The summed E-state index contributed by atoms with van der Waals surface area (Å²) in [4.78, 5) is 13.5. The molecule has 3 aliphatic rings. The van der Waals surface area contributed by atoms with Gasteiger partial charge in [0.05, 0.1) is 6.61 Å². The van der Waals surface area contributed by atoms with E-state index in [2.05, 4.69) is 0 Å². The van der Waals surface area contributed by atoms with Crippen LogP contribution in [0.3, 0.4) is 0 Å². The first kappa shape index (κ1) is 18.0. The molecule has 0 radical (unpaired) electrons. The van der Waals surface area contributed by atoms with Gasteiger partial charge in [0, 0.05) is 14.1 Å². The number of carbonyl (C=O) groups excluding carboxylic acids is 1. The Balaban J connectivity index is 1.70. The maximum Gasteiger partial charge on any atom is 0.254 e. The van der Waals surface area contributed by atoms with Crippen molar-refractivity contribution in [3.05, 3.63) is 0 Å². The van der Waals surface area contributed by atoms with Gasteiger partial charge in [-0.3, -0.25) is 4.79 Å². The van der Waals surface area contributed by atoms with Crippen LogP contribution in [-0.2, 0) is 28.5 Å². The highest BCUT2D eigenvalue weighted by atomic mass is 16.8. The number of nitrogens with zero attached hydrogens (tertiary/aromatic N) is 1. The van der Waals surface area contributed by atoms with Gasteiger partial charge in [-0.25, -0.2) is 0 Å². The first-order valence-electron chi connectivity index (χ1n) is 8.23. The van der Waals surface area contributed by atoms with E-state index in [1.165, 1.54) is 4.90 Å². The van der Waals surface area contributed by atoms with Crippen molar-refractivity contribution in [3.63, 3.8) is 0 Å².